The number of carbonyl (C=O) groups excluding carboxylic acids is 1. The van der Waals surface area contributed by atoms with Crippen molar-refractivity contribution in [1.82, 2.24) is 4.90 Å². The van der Waals surface area contributed by atoms with Crippen LogP contribution in [0.3, 0.4) is 0 Å². The maximum Gasteiger partial charge on any atom is 0.227 e. The molecule has 0 aliphatic rings. The molecule has 0 saturated heterocycles. The first kappa shape index (κ1) is 16.9. The van der Waals surface area contributed by atoms with E-state index in [0.717, 1.165) is 22.6 Å². The Morgan fingerprint density at radius 1 is 1.04 bits per heavy atom. The number of hydrogen-bond donors (Lipinski definition) is 0. The van der Waals surface area contributed by atoms with Crippen LogP contribution in [0.1, 0.15) is 18.1 Å². The monoisotopic (exact) mass is 313 g/mol. The number of nitrogens with zero attached hydrogens (tertiary/aromatic N) is 1. The molecule has 4 heteroatoms. The van der Waals surface area contributed by atoms with Crippen molar-refractivity contribution < 1.29 is 14.3 Å². The molecule has 0 saturated carbocycles. The van der Waals surface area contributed by atoms with Gasteiger partial charge in [-0.05, 0) is 42.3 Å². The maximum atomic E-state index is 12.3. The minimum absolute atomic E-state index is 0.0761. The average Bonchev–Trinajstić information content (AvgIpc) is 2.57. The van der Waals surface area contributed by atoms with Gasteiger partial charge in [0.05, 0.1) is 20.1 Å². The van der Waals surface area contributed by atoms with E-state index in [-0.39, 0.29) is 5.91 Å². The second-order valence-corrected chi connectivity index (χ2v) is 5.36. The molecule has 0 bridgehead atoms. The lowest BCUT2D eigenvalue weighted by atomic mass is 10.1. The summed E-state index contributed by atoms with van der Waals surface area (Å²) < 4.78 is 10.6. The van der Waals surface area contributed by atoms with Crippen LogP contribution < -0.4 is 9.47 Å². The largest absolute Gasteiger partial charge is 0.497 e. The summed E-state index contributed by atoms with van der Waals surface area (Å²) in [4.78, 5) is 14.1. The van der Waals surface area contributed by atoms with E-state index in [4.69, 9.17) is 9.47 Å². The third-order valence-electron chi connectivity index (χ3n) is 3.57. The number of rotatable bonds is 7. The van der Waals surface area contributed by atoms with Gasteiger partial charge in [-0.1, -0.05) is 24.3 Å². The van der Waals surface area contributed by atoms with Crippen molar-refractivity contribution >= 4 is 5.91 Å². The van der Waals surface area contributed by atoms with Gasteiger partial charge in [0, 0.05) is 13.6 Å². The van der Waals surface area contributed by atoms with Gasteiger partial charge in [0.25, 0.3) is 0 Å². The number of methoxy groups -OCH3 is 1. The summed E-state index contributed by atoms with van der Waals surface area (Å²) >= 11 is 0. The Hall–Kier alpha value is -2.49. The lowest BCUT2D eigenvalue weighted by Gasteiger charge is -2.18. The van der Waals surface area contributed by atoms with Crippen molar-refractivity contribution in [2.24, 2.45) is 0 Å². The molecule has 2 aromatic rings. The van der Waals surface area contributed by atoms with Crippen LogP contribution in [0.5, 0.6) is 11.5 Å². The molecule has 0 heterocycles. The summed E-state index contributed by atoms with van der Waals surface area (Å²) in [5, 5.41) is 0. The van der Waals surface area contributed by atoms with Crippen LogP contribution in [0.25, 0.3) is 0 Å². The number of amides is 1. The molecule has 0 unspecified atom stereocenters. The SMILES string of the molecule is CCOc1ccc(CN(C)C(=O)Cc2cccc(OC)c2)cc1. The van der Waals surface area contributed by atoms with Crippen molar-refractivity contribution in [2.45, 2.75) is 19.9 Å². The minimum Gasteiger partial charge on any atom is -0.497 e. The molecule has 4 nitrogen and oxygen atoms in total. The third kappa shape index (κ3) is 5.02. The first-order chi connectivity index (χ1) is 11.1. The van der Waals surface area contributed by atoms with Gasteiger partial charge in [0.2, 0.25) is 5.91 Å². The molecule has 2 rings (SSSR count). The molecule has 0 radical (unpaired) electrons. The summed E-state index contributed by atoms with van der Waals surface area (Å²) in [5.41, 5.74) is 2.03. The standard InChI is InChI=1S/C19H23NO3/c1-4-23-17-10-8-15(9-11-17)14-20(2)19(21)13-16-6-5-7-18(12-16)22-3/h5-12H,4,13-14H2,1-3H3. The smallest absolute Gasteiger partial charge is 0.227 e. The van der Waals surface area contributed by atoms with Crippen LogP contribution in [0.4, 0.5) is 0 Å². The highest BCUT2D eigenvalue weighted by Gasteiger charge is 2.11. The van der Waals surface area contributed by atoms with Gasteiger partial charge in [-0.15, -0.1) is 0 Å². The Balaban J connectivity index is 1.93. The number of likely N-dealkylation sites (N-methyl/N-ethyl adjacent to an activating group) is 1. The zero-order chi connectivity index (χ0) is 16.7. The highest BCUT2D eigenvalue weighted by Crippen LogP contribution is 2.15. The van der Waals surface area contributed by atoms with E-state index in [9.17, 15) is 4.79 Å². The number of hydrogen-bond acceptors (Lipinski definition) is 3. The molecular formula is C19H23NO3. The molecule has 23 heavy (non-hydrogen) atoms. The highest BCUT2D eigenvalue weighted by atomic mass is 16.5. The molecule has 2 aromatic carbocycles. The lowest BCUT2D eigenvalue weighted by molar-refractivity contribution is -0.129. The van der Waals surface area contributed by atoms with Crippen molar-refractivity contribution in [3.8, 4) is 11.5 Å². The van der Waals surface area contributed by atoms with Crippen LogP contribution in [0.2, 0.25) is 0 Å². The molecule has 1 amide bonds. The quantitative estimate of drug-likeness (QED) is 0.787. The van der Waals surface area contributed by atoms with Crippen LogP contribution in [0.15, 0.2) is 48.5 Å². The average molecular weight is 313 g/mol. The molecule has 0 spiro atoms. The zero-order valence-corrected chi connectivity index (χ0v) is 13.9. The maximum absolute atomic E-state index is 12.3. The second kappa shape index (κ2) is 8.22. The first-order valence-electron chi connectivity index (χ1n) is 7.71. The summed E-state index contributed by atoms with van der Waals surface area (Å²) in [6.45, 7) is 3.19. The number of carbonyl (C=O) groups is 1. The minimum atomic E-state index is 0.0761. The van der Waals surface area contributed by atoms with Gasteiger partial charge in [-0.3, -0.25) is 4.79 Å². The van der Waals surface area contributed by atoms with E-state index >= 15 is 0 Å². The van der Waals surface area contributed by atoms with Crippen LogP contribution in [-0.4, -0.2) is 31.6 Å². The molecule has 0 aliphatic carbocycles. The Morgan fingerprint density at radius 2 is 1.78 bits per heavy atom. The van der Waals surface area contributed by atoms with Crippen molar-refractivity contribution in [3.63, 3.8) is 0 Å². The van der Waals surface area contributed by atoms with Gasteiger partial charge >= 0.3 is 0 Å². The molecule has 0 aromatic heterocycles. The molecule has 0 fully saturated rings. The van der Waals surface area contributed by atoms with E-state index in [0.29, 0.717) is 19.6 Å². The second-order valence-electron chi connectivity index (χ2n) is 5.36. The van der Waals surface area contributed by atoms with Gasteiger partial charge < -0.3 is 14.4 Å². The Bertz CT molecular complexity index is 637. The predicted molar refractivity (Wildman–Crippen MR) is 90.8 cm³/mol. The third-order valence-corrected chi connectivity index (χ3v) is 3.57. The summed E-state index contributed by atoms with van der Waals surface area (Å²) in [7, 11) is 3.44. The van der Waals surface area contributed by atoms with Crippen LogP contribution in [-0.2, 0) is 17.8 Å². The Labute approximate surface area is 137 Å². The van der Waals surface area contributed by atoms with Gasteiger partial charge in [0.1, 0.15) is 11.5 Å². The summed E-state index contributed by atoms with van der Waals surface area (Å²) in [5.74, 6) is 1.69. The van der Waals surface area contributed by atoms with Crippen LogP contribution >= 0.6 is 0 Å². The summed E-state index contributed by atoms with van der Waals surface area (Å²) in [6.07, 6.45) is 0.366. The van der Waals surface area contributed by atoms with E-state index in [1.165, 1.54) is 0 Å². The molecule has 122 valence electrons. The van der Waals surface area contributed by atoms with E-state index in [1.807, 2.05) is 62.5 Å². The topological polar surface area (TPSA) is 38.8 Å². The van der Waals surface area contributed by atoms with E-state index < -0.39 is 0 Å². The van der Waals surface area contributed by atoms with Crippen molar-refractivity contribution in [3.05, 3.63) is 59.7 Å². The van der Waals surface area contributed by atoms with E-state index in [1.54, 1.807) is 12.0 Å². The Morgan fingerprint density at radius 3 is 2.43 bits per heavy atom. The first-order valence-corrected chi connectivity index (χ1v) is 7.71. The van der Waals surface area contributed by atoms with Crippen molar-refractivity contribution in [2.75, 3.05) is 20.8 Å². The van der Waals surface area contributed by atoms with E-state index in [2.05, 4.69) is 0 Å². The fourth-order valence-electron chi connectivity index (χ4n) is 2.31. The molecule has 0 atom stereocenters. The van der Waals surface area contributed by atoms with Crippen LogP contribution in [0, 0.1) is 0 Å². The summed E-state index contributed by atoms with van der Waals surface area (Å²) in [6, 6.07) is 15.4. The van der Waals surface area contributed by atoms with Gasteiger partial charge in [0.15, 0.2) is 0 Å². The van der Waals surface area contributed by atoms with Gasteiger partial charge in [-0.25, -0.2) is 0 Å². The zero-order valence-electron chi connectivity index (χ0n) is 13.9. The lowest BCUT2D eigenvalue weighted by Crippen LogP contribution is -2.27. The van der Waals surface area contributed by atoms with Crippen molar-refractivity contribution in [1.29, 1.82) is 0 Å². The fourth-order valence-corrected chi connectivity index (χ4v) is 2.31. The van der Waals surface area contributed by atoms with Gasteiger partial charge in [-0.2, -0.15) is 0 Å². The Kier molecular flexibility index (Phi) is 6.03. The normalized spacial score (nSPS) is 10.2. The fraction of sp³-hybridized carbons (Fsp3) is 0.316. The number of ether oxygens (including phenoxy) is 2. The molecule has 0 aliphatic heterocycles. The molecular weight excluding hydrogens is 290 g/mol. The number of benzene rings is 2. The predicted octanol–water partition coefficient (Wildman–Crippen LogP) is 3.30. The molecule has 0 N–H and O–H groups in total. The highest BCUT2D eigenvalue weighted by molar-refractivity contribution is 5.78.